The highest BCUT2D eigenvalue weighted by Crippen LogP contribution is 2.50. The third kappa shape index (κ3) is 4.79. The van der Waals surface area contributed by atoms with E-state index in [9.17, 15) is 0 Å². The van der Waals surface area contributed by atoms with E-state index < -0.39 is 0 Å². The standard InChI is InChI=1S/C49H34N2/c1-49(2)44-18-9-8-16-40(44)43-29-42-36(28-45(43)49)25-21-33-22-26-37(27-41(33)42)47-30-46(34-12-4-3-5-13-34)50-48(51-47)35-23-19-32(20-24-35)39-17-10-14-31-11-6-7-15-38(31)39/h3-30H,1-2H3. The Kier molecular flexibility index (Phi) is 6.56. The second-order valence-corrected chi connectivity index (χ2v) is 14.2. The van der Waals surface area contributed by atoms with Gasteiger partial charge in [0.25, 0.3) is 0 Å². The number of hydrogen-bond donors (Lipinski definition) is 0. The molecule has 0 N–H and O–H groups in total. The van der Waals surface area contributed by atoms with E-state index in [2.05, 4.69) is 178 Å². The molecule has 0 bridgehead atoms. The number of hydrogen-bond acceptors (Lipinski definition) is 2. The molecule has 0 fully saturated rings. The van der Waals surface area contributed by atoms with Gasteiger partial charge in [-0.2, -0.15) is 0 Å². The van der Waals surface area contributed by atoms with Crippen molar-refractivity contribution in [2.45, 2.75) is 19.3 Å². The van der Waals surface area contributed by atoms with Crippen molar-refractivity contribution in [3.8, 4) is 56.2 Å². The minimum Gasteiger partial charge on any atom is -0.228 e. The smallest absolute Gasteiger partial charge is 0.160 e. The molecule has 0 saturated carbocycles. The summed E-state index contributed by atoms with van der Waals surface area (Å²) in [5, 5.41) is 7.47. The van der Waals surface area contributed by atoms with Gasteiger partial charge in [-0.25, -0.2) is 9.97 Å². The first kappa shape index (κ1) is 29.5. The van der Waals surface area contributed by atoms with Crippen molar-refractivity contribution in [3.05, 3.63) is 181 Å². The maximum Gasteiger partial charge on any atom is 0.160 e. The molecular weight excluding hydrogens is 617 g/mol. The van der Waals surface area contributed by atoms with Gasteiger partial charge in [0.15, 0.2) is 5.82 Å². The first-order valence-corrected chi connectivity index (χ1v) is 17.7. The van der Waals surface area contributed by atoms with Crippen molar-refractivity contribution in [1.29, 1.82) is 0 Å². The van der Waals surface area contributed by atoms with Crippen LogP contribution in [0.5, 0.6) is 0 Å². The highest BCUT2D eigenvalue weighted by molar-refractivity contribution is 6.11. The van der Waals surface area contributed by atoms with E-state index in [-0.39, 0.29) is 5.41 Å². The zero-order chi connectivity index (χ0) is 34.1. The summed E-state index contributed by atoms with van der Waals surface area (Å²) in [6.45, 7) is 4.69. The van der Waals surface area contributed by atoms with Crippen LogP contribution in [0.2, 0.25) is 0 Å². The van der Waals surface area contributed by atoms with Crippen LogP contribution in [0.4, 0.5) is 0 Å². The lowest BCUT2D eigenvalue weighted by Crippen LogP contribution is -2.14. The molecule has 2 heteroatoms. The lowest BCUT2D eigenvalue weighted by atomic mass is 9.81. The van der Waals surface area contributed by atoms with E-state index in [4.69, 9.17) is 9.97 Å². The minimum absolute atomic E-state index is 0.0325. The van der Waals surface area contributed by atoms with E-state index in [1.807, 2.05) is 6.07 Å². The zero-order valence-electron chi connectivity index (χ0n) is 28.6. The average molecular weight is 651 g/mol. The predicted octanol–water partition coefficient (Wildman–Crippen LogP) is 12.9. The number of nitrogens with zero attached hydrogens (tertiary/aromatic N) is 2. The van der Waals surface area contributed by atoms with Crippen LogP contribution in [0.25, 0.3) is 88.5 Å². The van der Waals surface area contributed by atoms with Crippen molar-refractivity contribution in [2.24, 2.45) is 0 Å². The molecule has 0 amide bonds. The monoisotopic (exact) mass is 650 g/mol. The van der Waals surface area contributed by atoms with Gasteiger partial charge in [0.1, 0.15) is 0 Å². The van der Waals surface area contributed by atoms with Gasteiger partial charge in [-0.05, 0) is 90.0 Å². The molecule has 0 radical (unpaired) electrons. The first-order chi connectivity index (χ1) is 25.0. The van der Waals surface area contributed by atoms with Crippen LogP contribution in [0.1, 0.15) is 25.0 Å². The van der Waals surface area contributed by atoms with E-state index in [0.29, 0.717) is 5.82 Å². The summed E-state index contributed by atoms with van der Waals surface area (Å²) in [7, 11) is 0. The Morgan fingerprint density at radius 1 is 0.353 bits per heavy atom. The predicted molar refractivity (Wildman–Crippen MR) is 214 cm³/mol. The Balaban J connectivity index is 1.12. The summed E-state index contributed by atoms with van der Waals surface area (Å²) in [6.07, 6.45) is 0. The first-order valence-electron chi connectivity index (χ1n) is 17.7. The van der Waals surface area contributed by atoms with Gasteiger partial charge in [-0.3, -0.25) is 0 Å². The van der Waals surface area contributed by atoms with Crippen LogP contribution < -0.4 is 0 Å². The fourth-order valence-corrected chi connectivity index (χ4v) is 8.17. The third-order valence-corrected chi connectivity index (χ3v) is 10.9. The van der Waals surface area contributed by atoms with Crippen LogP contribution in [0.15, 0.2) is 170 Å². The van der Waals surface area contributed by atoms with E-state index in [1.54, 1.807) is 0 Å². The van der Waals surface area contributed by atoms with Crippen molar-refractivity contribution in [3.63, 3.8) is 0 Å². The van der Waals surface area contributed by atoms with Gasteiger partial charge in [-0.15, -0.1) is 0 Å². The molecule has 1 heterocycles. The average Bonchev–Trinajstić information content (AvgIpc) is 3.42. The zero-order valence-corrected chi connectivity index (χ0v) is 28.6. The van der Waals surface area contributed by atoms with E-state index >= 15 is 0 Å². The number of fused-ring (bicyclic) bond motifs is 7. The fourth-order valence-electron chi connectivity index (χ4n) is 8.17. The molecular formula is C49H34N2. The Hall–Kier alpha value is -6.38. The van der Waals surface area contributed by atoms with Gasteiger partial charge in [0, 0.05) is 22.1 Å². The molecule has 0 atom stereocenters. The molecule has 10 rings (SSSR count). The molecule has 1 aliphatic carbocycles. The van der Waals surface area contributed by atoms with Crippen LogP contribution in [-0.2, 0) is 5.41 Å². The second-order valence-electron chi connectivity index (χ2n) is 14.2. The molecule has 0 saturated heterocycles. The van der Waals surface area contributed by atoms with Crippen LogP contribution in [-0.4, -0.2) is 9.97 Å². The molecule has 1 aromatic heterocycles. The third-order valence-electron chi connectivity index (χ3n) is 10.9. The van der Waals surface area contributed by atoms with E-state index in [0.717, 1.165) is 28.1 Å². The lowest BCUT2D eigenvalue weighted by molar-refractivity contribution is 0.661. The van der Waals surface area contributed by atoms with Gasteiger partial charge >= 0.3 is 0 Å². The summed E-state index contributed by atoms with van der Waals surface area (Å²) < 4.78 is 0. The maximum absolute atomic E-state index is 5.23. The van der Waals surface area contributed by atoms with E-state index in [1.165, 1.54) is 65.7 Å². The van der Waals surface area contributed by atoms with Crippen molar-refractivity contribution >= 4 is 32.3 Å². The number of aromatic nitrogens is 2. The summed E-state index contributed by atoms with van der Waals surface area (Å²) in [5.41, 5.74) is 12.8. The Morgan fingerprint density at radius 3 is 1.82 bits per heavy atom. The molecule has 9 aromatic rings. The number of rotatable bonds is 4. The summed E-state index contributed by atoms with van der Waals surface area (Å²) in [4.78, 5) is 10.4. The topological polar surface area (TPSA) is 25.8 Å². The van der Waals surface area contributed by atoms with Crippen LogP contribution in [0, 0.1) is 0 Å². The normalized spacial score (nSPS) is 13.1. The highest BCUT2D eigenvalue weighted by Gasteiger charge is 2.35. The van der Waals surface area contributed by atoms with Gasteiger partial charge in [0.2, 0.25) is 0 Å². The van der Waals surface area contributed by atoms with Crippen molar-refractivity contribution in [2.75, 3.05) is 0 Å². The molecule has 8 aromatic carbocycles. The van der Waals surface area contributed by atoms with Gasteiger partial charge < -0.3 is 0 Å². The van der Waals surface area contributed by atoms with Crippen LogP contribution >= 0.6 is 0 Å². The fraction of sp³-hybridized carbons (Fsp3) is 0.0612. The lowest BCUT2D eigenvalue weighted by Gasteiger charge is -2.21. The summed E-state index contributed by atoms with van der Waals surface area (Å²) >= 11 is 0. The second kappa shape index (κ2) is 11.3. The van der Waals surface area contributed by atoms with Crippen molar-refractivity contribution in [1.82, 2.24) is 9.97 Å². The SMILES string of the molecule is CC1(C)c2ccccc2-c2cc3c(ccc4ccc(-c5cc(-c6ccccc6)nc(-c6ccc(-c7cccc8ccccc78)cc6)n5)cc43)cc21. The Bertz CT molecular complexity index is 2810. The summed E-state index contributed by atoms with van der Waals surface area (Å²) in [5.74, 6) is 0.713. The maximum atomic E-state index is 5.23. The molecule has 240 valence electrons. The Morgan fingerprint density at radius 2 is 0.961 bits per heavy atom. The Labute approximate surface area is 297 Å². The highest BCUT2D eigenvalue weighted by atomic mass is 14.9. The van der Waals surface area contributed by atoms with Gasteiger partial charge in [-0.1, -0.05) is 159 Å². The minimum atomic E-state index is -0.0325. The molecule has 2 nitrogen and oxygen atoms in total. The quantitative estimate of drug-likeness (QED) is 0.177. The largest absolute Gasteiger partial charge is 0.228 e. The van der Waals surface area contributed by atoms with Gasteiger partial charge in [0.05, 0.1) is 11.4 Å². The molecule has 51 heavy (non-hydrogen) atoms. The summed E-state index contributed by atoms with van der Waals surface area (Å²) in [6, 6.07) is 61.2. The molecule has 0 unspecified atom stereocenters. The molecule has 0 aliphatic heterocycles. The van der Waals surface area contributed by atoms with Crippen molar-refractivity contribution < 1.29 is 0 Å². The number of benzene rings is 8. The van der Waals surface area contributed by atoms with Crippen LogP contribution in [0.3, 0.4) is 0 Å². The molecule has 0 spiro atoms. The molecule has 1 aliphatic rings.